The van der Waals surface area contributed by atoms with Gasteiger partial charge in [-0.2, -0.15) is 0 Å². The van der Waals surface area contributed by atoms with E-state index >= 15 is 0 Å². The number of aryl methyl sites for hydroxylation is 1. The number of hydrogen-bond donors (Lipinski definition) is 2. The minimum Gasteiger partial charge on any atom is -0.508 e. The van der Waals surface area contributed by atoms with Gasteiger partial charge in [0.15, 0.2) is 11.3 Å². The molecule has 3 rings (SSSR count). The van der Waals surface area contributed by atoms with Gasteiger partial charge < -0.3 is 33.7 Å². The first-order chi connectivity index (χ1) is 14.5. The van der Waals surface area contributed by atoms with Crippen LogP contribution in [0.1, 0.15) is 23.7 Å². The molecule has 0 spiro atoms. The number of aromatic hydroxyl groups is 1. The number of nitrogens with zero attached hydrogens (tertiary/aromatic N) is 1. The summed E-state index contributed by atoms with van der Waals surface area (Å²) in [4.78, 5) is 2.01. The normalized spacial score (nSPS) is 12.3. The Labute approximate surface area is 176 Å². The maximum absolute atomic E-state index is 11.2. The minimum absolute atomic E-state index is 0.203. The summed E-state index contributed by atoms with van der Waals surface area (Å²) in [5, 5.41) is 21.6. The van der Waals surface area contributed by atoms with Crippen molar-refractivity contribution in [1.29, 1.82) is 0 Å². The molecule has 0 saturated heterocycles. The number of furan rings is 1. The molecule has 1 atom stereocenters. The molecule has 1 aromatic heterocycles. The van der Waals surface area contributed by atoms with Crippen molar-refractivity contribution >= 4 is 11.0 Å². The minimum atomic E-state index is -0.871. The van der Waals surface area contributed by atoms with E-state index in [9.17, 15) is 10.2 Å². The van der Waals surface area contributed by atoms with Gasteiger partial charge in [-0.25, -0.2) is 0 Å². The van der Waals surface area contributed by atoms with Crippen molar-refractivity contribution in [3.8, 4) is 23.0 Å². The highest BCUT2D eigenvalue weighted by Crippen LogP contribution is 2.49. The number of likely N-dealkylation sites (N-methyl/N-ethyl adjacent to an activating group) is 1. The average Bonchev–Trinajstić information content (AvgIpc) is 3.20. The lowest BCUT2D eigenvalue weighted by molar-refractivity contribution is 0.154. The fraction of sp³-hybridized carbons (Fsp3) is 0.391. The zero-order valence-corrected chi connectivity index (χ0v) is 17.8. The molecule has 1 heterocycles. The Morgan fingerprint density at radius 2 is 1.83 bits per heavy atom. The summed E-state index contributed by atoms with van der Waals surface area (Å²) in [6.07, 6.45) is 1.67. The number of benzene rings is 2. The Hall–Kier alpha value is -2.90. The number of fused-ring (bicyclic) bond motifs is 1. The van der Waals surface area contributed by atoms with Crippen LogP contribution in [0.25, 0.3) is 11.0 Å². The molecule has 0 fully saturated rings. The lowest BCUT2D eigenvalue weighted by Gasteiger charge is -2.22. The van der Waals surface area contributed by atoms with Crippen LogP contribution in [0.15, 0.2) is 41.0 Å². The van der Waals surface area contributed by atoms with Crippen LogP contribution in [-0.4, -0.2) is 56.6 Å². The molecule has 0 aliphatic carbocycles. The number of phenolic OH excluding ortho intramolecular Hbond substituents is 1. The van der Waals surface area contributed by atoms with Crippen LogP contribution in [0, 0.1) is 0 Å². The van der Waals surface area contributed by atoms with E-state index in [1.165, 1.54) is 0 Å². The lowest BCUT2D eigenvalue weighted by atomic mass is 9.97. The predicted molar refractivity (Wildman–Crippen MR) is 115 cm³/mol. The Morgan fingerprint density at radius 3 is 2.50 bits per heavy atom. The molecule has 0 amide bonds. The van der Waals surface area contributed by atoms with E-state index in [2.05, 4.69) is 0 Å². The number of ether oxygens (including phenoxy) is 3. The number of hydrogen-bond acceptors (Lipinski definition) is 7. The second kappa shape index (κ2) is 9.73. The van der Waals surface area contributed by atoms with Crippen molar-refractivity contribution in [1.82, 2.24) is 4.90 Å². The van der Waals surface area contributed by atoms with Crippen LogP contribution >= 0.6 is 0 Å². The summed E-state index contributed by atoms with van der Waals surface area (Å²) in [7, 11) is 7.03. The molecular weight excluding hydrogens is 386 g/mol. The summed E-state index contributed by atoms with van der Waals surface area (Å²) < 4.78 is 23.0. The third-order valence-electron chi connectivity index (χ3n) is 4.95. The molecule has 30 heavy (non-hydrogen) atoms. The topological polar surface area (TPSA) is 84.5 Å². The smallest absolute Gasteiger partial charge is 0.205 e. The first-order valence-corrected chi connectivity index (χ1v) is 9.84. The van der Waals surface area contributed by atoms with Crippen molar-refractivity contribution < 1.29 is 28.8 Å². The van der Waals surface area contributed by atoms with E-state index in [1.54, 1.807) is 44.7 Å². The van der Waals surface area contributed by atoms with Crippen molar-refractivity contribution in [2.75, 3.05) is 41.5 Å². The van der Waals surface area contributed by atoms with E-state index in [1.807, 2.05) is 25.1 Å². The van der Waals surface area contributed by atoms with Gasteiger partial charge in [0.1, 0.15) is 18.1 Å². The number of methoxy groups -OCH3 is 2. The molecule has 7 nitrogen and oxygen atoms in total. The monoisotopic (exact) mass is 415 g/mol. The van der Waals surface area contributed by atoms with Crippen molar-refractivity contribution in [3.63, 3.8) is 0 Å². The van der Waals surface area contributed by atoms with Crippen molar-refractivity contribution in [3.05, 3.63) is 47.7 Å². The average molecular weight is 415 g/mol. The van der Waals surface area contributed by atoms with Gasteiger partial charge in [-0.15, -0.1) is 0 Å². The third kappa shape index (κ3) is 4.63. The maximum Gasteiger partial charge on any atom is 0.205 e. The van der Waals surface area contributed by atoms with Crippen molar-refractivity contribution in [2.24, 2.45) is 0 Å². The molecule has 3 aromatic rings. The second-order valence-corrected chi connectivity index (χ2v) is 7.35. The molecule has 2 aromatic carbocycles. The fourth-order valence-electron chi connectivity index (χ4n) is 3.48. The first kappa shape index (κ1) is 21.8. The largest absolute Gasteiger partial charge is 0.508 e. The third-order valence-corrected chi connectivity index (χ3v) is 4.95. The summed E-state index contributed by atoms with van der Waals surface area (Å²) in [6.45, 7) is 1.10. The van der Waals surface area contributed by atoms with Gasteiger partial charge in [0.05, 0.1) is 37.5 Å². The molecule has 0 aliphatic rings. The summed E-state index contributed by atoms with van der Waals surface area (Å²) in [5.41, 5.74) is 1.97. The Kier molecular flexibility index (Phi) is 7.07. The van der Waals surface area contributed by atoms with Crippen LogP contribution in [0.2, 0.25) is 0 Å². The van der Waals surface area contributed by atoms with Crippen LogP contribution < -0.4 is 14.2 Å². The molecule has 7 heteroatoms. The number of rotatable bonds is 10. The van der Waals surface area contributed by atoms with E-state index in [0.717, 1.165) is 5.56 Å². The summed E-state index contributed by atoms with van der Waals surface area (Å²) in [5.74, 6) is 1.56. The summed E-state index contributed by atoms with van der Waals surface area (Å²) in [6, 6.07) is 8.80. The van der Waals surface area contributed by atoms with Gasteiger partial charge in [-0.3, -0.25) is 0 Å². The fourth-order valence-corrected chi connectivity index (χ4v) is 3.48. The van der Waals surface area contributed by atoms with Gasteiger partial charge in [0.25, 0.3) is 0 Å². The second-order valence-electron chi connectivity index (χ2n) is 7.35. The molecular formula is C23H29NO6. The molecule has 2 N–H and O–H groups in total. The van der Waals surface area contributed by atoms with E-state index < -0.39 is 6.10 Å². The Bertz CT molecular complexity index is 981. The van der Waals surface area contributed by atoms with Crippen LogP contribution in [0.4, 0.5) is 0 Å². The van der Waals surface area contributed by atoms with E-state index in [0.29, 0.717) is 59.8 Å². The van der Waals surface area contributed by atoms with Crippen LogP contribution in [-0.2, 0) is 6.42 Å². The molecule has 0 aliphatic heterocycles. The number of aliphatic hydroxyl groups excluding tert-OH is 1. The highest BCUT2D eigenvalue weighted by atomic mass is 16.5. The van der Waals surface area contributed by atoms with Gasteiger partial charge >= 0.3 is 0 Å². The van der Waals surface area contributed by atoms with Crippen LogP contribution in [0.5, 0.6) is 23.0 Å². The molecule has 1 unspecified atom stereocenters. The lowest BCUT2D eigenvalue weighted by Crippen LogP contribution is -2.20. The first-order valence-electron chi connectivity index (χ1n) is 9.84. The molecule has 0 bridgehead atoms. The number of aliphatic hydroxyl groups is 1. The SMILES string of the molecule is COc1c(C(O)CCc2cccc(O)c2)c(OCCN(C)C)c(OC)c2occc12. The molecule has 162 valence electrons. The zero-order valence-electron chi connectivity index (χ0n) is 17.8. The number of phenols is 1. The van der Waals surface area contributed by atoms with Gasteiger partial charge in [-0.05, 0) is 50.7 Å². The van der Waals surface area contributed by atoms with Crippen LogP contribution in [0.3, 0.4) is 0 Å². The maximum atomic E-state index is 11.2. The van der Waals surface area contributed by atoms with Gasteiger partial charge in [-0.1, -0.05) is 12.1 Å². The Balaban J connectivity index is 2.00. The zero-order chi connectivity index (χ0) is 21.7. The quantitative estimate of drug-likeness (QED) is 0.521. The highest BCUT2D eigenvalue weighted by molar-refractivity contribution is 5.93. The predicted octanol–water partition coefficient (Wildman–Crippen LogP) is 3.76. The summed E-state index contributed by atoms with van der Waals surface area (Å²) >= 11 is 0. The highest BCUT2D eigenvalue weighted by Gasteiger charge is 2.29. The molecule has 0 saturated carbocycles. The van der Waals surface area contributed by atoms with E-state index in [-0.39, 0.29) is 5.75 Å². The van der Waals surface area contributed by atoms with E-state index in [4.69, 9.17) is 18.6 Å². The van der Waals surface area contributed by atoms with Gasteiger partial charge in [0, 0.05) is 6.54 Å². The van der Waals surface area contributed by atoms with Crippen molar-refractivity contribution in [2.45, 2.75) is 18.9 Å². The standard InChI is InChI=1S/C23H29NO6/c1-24(2)11-13-30-22-19(18(26)9-8-15-6-5-7-16(25)14-15)20(27-3)17-10-12-29-21(17)23(22)28-4/h5-7,10,12,14,18,25-26H,8-9,11,13H2,1-4H3. The van der Waals surface area contributed by atoms with Gasteiger partial charge in [0.2, 0.25) is 5.75 Å². The molecule has 0 radical (unpaired) electrons. The Morgan fingerprint density at radius 1 is 1.07 bits per heavy atom.